The highest BCUT2D eigenvalue weighted by atomic mass is 35.5. The first kappa shape index (κ1) is 18.8. The highest BCUT2D eigenvalue weighted by Gasteiger charge is 2.17. The minimum atomic E-state index is 0. The third-order valence-electron chi connectivity index (χ3n) is 4.28. The Morgan fingerprint density at radius 2 is 1.78 bits per heavy atom. The van der Waals surface area contributed by atoms with Gasteiger partial charge in [0, 0.05) is 23.0 Å². The summed E-state index contributed by atoms with van der Waals surface area (Å²) in [7, 11) is 0. The molecule has 0 saturated heterocycles. The van der Waals surface area contributed by atoms with E-state index in [1.165, 1.54) is 5.56 Å². The quantitative estimate of drug-likeness (QED) is 0.533. The first-order valence-corrected chi connectivity index (χ1v) is 8.42. The van der Waals surface area contributed by atoms with Crippen LogP contribution in [0, 0.1) is 27.7 Å². The van der Waals surface area contributed by atoms with E-state index < -0.39 is 0 Å². The summed E-state index contributed by atoms with van der Waals surface area (Å²) in [5, 5.41) is 8.36. The zero-order valence-corrected chi connectivity index (χ0v) is 16.4. The molecule has 0 saturated carbocycles. The molecule has 3 heterocycles. The molecular formula is C20H20ClN5O. The molecule has 0 fully saturated rings. The van der Waals surface area contributed by atoms with Crippen molar-refractivity contribution in [3.05, 3.63) is 59.2 Å². The fourth-order valence-corrected chi connectivity index (χ4v) is 2.88. The minimum absolute atomic E-state index is 0. The first-order valence-electron chi connectivity index (χ1n) is 8.42. The number of fused-ring (bicyclic) bond motifs is 1. The highest BCUT2D eigenvalue weighted by Crippen LogP contribution is 2.35. The van der Waals surface area contributed by atoms with E-state index in [0.717, 1.165) is 33.6 Å². The molecule has 0 bridgehead atoms. The fourth-order valence-electron chi connectivity index (χ4n) is 2.88. The van der Waals surface area contributed by atoms with Gasteiger partial charge >= 0.3 is 0 Å². The van der Waals surface area contributed by atoms with Crippen molar-refractivity contribution < 1.29 is 4.52 Å². The Labute approximate surface area is 163 Å². The summed E-state index contributed by atoms with van der Waals surface area (Å²) in [6.07, 6.45) is 1.73. The number of rotatable bonds is 3. The van der Waals surface area contributed by atoms with Crippen molar-refractivity contribution in [1.29, 1.82) is 0 Å². The summed E-state index contributed by atoms with van der Waals surface area (Å²) >= 11 is 0. The number of nitrogens with one attached hydrogen (secondary N) is 1. The molecule has 0 amide bonds. The zero-order chi connectivity index (χ0) is 18.3. The van der Waals surface area contributed by atoms with Gasteiger partial charge in [-0.2, -0.15) is 4.98 Å². The van der Waals surface area contributed by atoms with Gasteiger partial charge in [0.15, 0.2) is 11.5 Å². The van der Waals surface area contributed by atoms with Gasteiger partial charge in [0.1, 0.15) is 0 Å². The predicted molar refractivity (Wildman–Crippen MR) is 109 cm³/mol. The van der Waals surface area contributed by atoms with Crippen molar-refractivity contribution in [2.24, 2.45) is 0 Å². The molecule has 4 aromatic rings. The van der Waals surface area contributed by atoms with Crippen LogP contribution in [0.25, 0.3) is 22.5 Å². The number of halogens is 1. The monoisotopic (exact) mass is 381 g/mol. The van der Waals surface area contributed by atoms with Crippen molar-refractivity contribution in [3.63, 3.8) is 0 Å². The number of aryl methyl sites for hydroxylation is 4. The Morgan fingerprint density at radius 3 is 2.52 bits per heavy atom. The molecule has 0 radical (unpaired) electrons. The number of nitrogens with zero attached hydrogens (tertiary/aromatic N) is 4. The van der Waals surface area contributed by atoms with E-state index in [1.807, 2.05) is 19.1 Å². The maximum atomic E-state index is 5.39. The number of hydrogen-bond acceptors (Lipinski definition) is 6. The topological polar surface area (TPSA) is 76.7 Å². The normalized spacial score (nSPS) is 10.7. The van der Waals surface area contributed by atoms with Crippen molar-refractivity contribution in [2.45, 2.75) is 27.7 Å². The minimum Gasteiger partial charge on any atom is -0.354 e. The van der Waals surface area contributed by atoms with E-state index in [9.17, 15) is 0 Å². The van der Waals surface area contributed by atoms with Gasteiger partial charge in [0.25, 0.3) is 5.89 Å². The second kappa shape index (κ2) is 7.32. The van der Waals surface area contributed by atoms with Gasteiger partial charge in [-0.25, -0.2) is 9.97 Å². The molecule has 1 N–H and O–H groups in total. The summed E-state index contributed by atoms with van der Waals surface area (Å²) in [5.41, 5.74) is 6.57. The lowest BCUT2D eigenvalue weighted by Gasteiger charge is -2.15. The molecule has 7 heteroatoms. The number of pyridine rings is 2. The van der Waals surface area contributed by atoms with E-state index in [2.05, 4.69) is 57.5 Å². The van der Waals surface area contributed by atoms with Crippen LogP contribution in [0.4, 0.5) is 11.4 Å². The predicted octanol–water partition coefficient (Wildman–Crippen LogP) is 5.08. The van der Waals surface area contributed by atoms with Gasteiger partial charge in [0.2, 0.25) is 0 Å². The van der Waals surface area contributed by atoms with Gasteiger partial charge < -0.3 is 9.84 Å². The average molecular weight is 382 g/mol. The summed E-state index contributed by atoms with van der Waals surface area (Å²) in [4.78, 5) is 13.4. The van der Waals surface area contributed by atoms with Crippen molar-refractivity contribution >= 4 is 34.8 Å². The van der Waals surface area contributed by atoms with Crippen LogP contribution in [-0.2, 0) is 0 Å². The van der Waals surface area contributed by atoms with Crippen LogP contribution in [0.2, 0.25) is 0 Å². The third kappa shape index (κ3) is 3.61. The largest absolute Gasteiger partial charge is 0.354 e. The Hall–Kier alpha value is -2.99. The van der Waals surface area contributed by atoms with Crippen LogP contribution >= 0.6 is 12.4 Å². The number of aromatic nitrogens is 4. The molecule has 0 atom stereocenters. The van der Waals surface area contributed by atoms with E-state index in [0.29, 0.717) is 17.4 Å². The van der Waals surface area contributed by atoms with Crippen LogP contribution in [-0.4, -0.2) is 20.1 Å². The van der Waals surface area contributed by atoms with E-state index in [1.54, 1.807) is 13.1 Å². The highest BCUT2D eigenvalue weighted by molar-refractivity contribution is 5.98. The third-order valence-corrected chi connectivity index (χ3v) is 4.28. The maximum absolute atomic E-state index is 5.39. The average Bonchev–Trinajstić information content (AvgIpc) is 3.04. The molecule has 0 aliphatic carbocycles. The van der Waals surface area contributed by atoms with Crippen molar-refractivity contribution in [1.82, 2.24) is 20.1 Å². The number of hydrogen-bond donors (Lipinski definition) is 1. The molecular weight excluding hydrogens is 362 g/mol. The van der Waals surface area contributed by atoms with E-state index in [-0.39, 0.29) is 12.4 Å². The molecule has 1 aromatic carbocycles. The Bertz CT molecular complexity index is 1120. The standard InChI is InChI=1S/C20H19N5O.ClH/c1-11-5-6-12(2)17(9-11)24-18-15-8-7-13(3)22-19(15)21-10-16(18)20-23-14(4)25-26-20;/h5-10H,1-4H3,(H,21,22,24);1H. The van der Waals surface area contributed by atoms with E-state index >= 15 is 0 Å². The van der Waals surface area contributed by atoms with Crippen molar-refractivity contribution in [2.75, 3.05) is 5.32 Å². The molecule has 138 valence electrons. The van der Waals surface area contributed by atoms with Crippen molar-refractivity contribution in [3.8, 4) is 11.5 Å². The van der Waals surface area contributed by atoms with E-state index in [4.69, 9.17) is 4.52 Å². The smallest absolute Gasteiger partial charge is 0.261 e. The van der Waals surface area contributed by atoms with Crippen LogP contribution in [0.1, 0.15) is 22.6 Å². The summed E-state index contributed by atoms with van der Waals surface area (Å²) in [6.45, 7) is 7.89. The number of benzene rings is 1. The summed E-state index contributed by atoms with van der Waals surface area (Å²) in [5.74, 6) is 1.02. The van der Waals surface area contributed by atoms with Gasteiger partial charge in [-0.1, -0.05) is 17.3 Å². The Morgan fingerprint density at radius 1 is 0.963 bits per heavy atom. The van der Waals surface area contributed by atoms with Crippen LogP contribution in [0.15, 0.2) is 41.1 Å². The molecule has 0 aliphatic rings. The lowest BCUT2D eigenvalue weighted by atomic mass is 10.1. The van der Waals surface area contributed by atoms with Crippen LogP contribution in [0.5, 0.6) is 0 Å². The van der Waals surface area contributed by atoms with Gasteiger partial charge in [0.05, 0.1) is 11.3 Å². The lowest BCUT2D eigenvalue weighted by Crippen LogP contribution is -2.00. The molecule has 0 aliphatic heterocycles. The van der Waals surface area contributed by atoms with Gasteiger partial charge in [-0.05, 0) is 57.0 Å². The molecule has 3 aromatic heterocycles. The Kier molecular flexibility index (Phi) is 5.10. The molecule has 0 unspecified atom stereocenters. The second-order valence-electron chi connectivity index (χ2n) is 6.46. The van der Waals surface area contributed by atoms with Gasteiger partial charge in [-0.15, -0.1) is 12.4 Å². The number of anilines is 2. The van der Waals surface area contributed by atoms with Crippen LogP contribution < -0.4 is 5.32 Å². The molecule has 0 spiro atoms. The zero-order valence-electron chi connectivity index (χ0n) is 15.6. The Balaban J connectivity index is 0.00000210. The van der Waals surface area contributed by atoms with Crippen LogP contribution in [0.3, 0.4) is 0 Å². The summed E-state index contributed by atoms with van der Waals surface area (Å²) in [6, 6.07) is 10.3. The SMILES string of the molecule is Cc1ccc(C)c(Nc2c(-c3nc(C)no3)cnc3nc(C)ccc23)c1.Cl. The molecule has 4 rings (SSSR count). The maximum Gasteiger partial charge on any atom is 0.261 e. The second-order valence-corrected chi connectivity index (χ2v) is 6.46. The molecule has 6 nitrogen and oxygen atoms in total. The molecule has 27 heavy (non-hydrogen) atoms. The fraction of sp³-hybridized carbons (Fsp3) is 0.200. The lowest BCUT2D eigenvalue weighted by molar-refractivity contribution is 0.425. The van der Waals surface area contributed by atoms with Gasteiger partial charge in [-0.3, -0.25) is 0 Å². The first-order chi connectivity index (χ1) is 12.5. The summed E-state index contributed by atoms with van der Waals surface area (Å²) < 4.78 is 5.39.